The molecule has 1 aliphatic carbocycles. The molecule has 0 N–H and O–H groups in total. The SMILES string of the molecule is O=S1O[C@H]2CC(Cc3ccccc3)C[C@H]2O1. The van der Waals surface area contributed by atoms with Gasteiger partial charge in [-0.2, -0.15) is 4.21 Å². The van der Waals surface area contributed by atoms with Crippen LogP contribution in [0.5, 0.6) is 0 Å². The Kier molecular flexibility index (Phi) is 2.79. The average Bonchev–Trinajstić information content (AvgIpc) is 2.76. The second-order valence-corrected chi connectivity index (χ2v) is 5.29. The first-order valence-electron chi connectivity index (χ1n) is 5.61. The summed E-state index contributed by atoms with van der Waals surface area (Å²) in [6, 6.07) is 10.4. The van der Waals surface area contributed by atoms with Crippen LogP contribution in [0.2, 0.25) is 0 Å². The Labute approximate surface area is 97.6 Å². The molecule has 4 heteroatoms. The van der Waals surface area contributed by atoms with Crippen LogP contribution in [0.3, 0.4) is 0 Å². The van der Waals surface area contributed by atoms with E-state index in [9.17, 15) is 4.21 Å². The van der Waals surface area contributed by atoms with Crippen molar-refractivity contribution in [2.24, 2.45) is 5.92 Å². The maximum atomic E-state index is 11.0. The van der Waals surface area contributed by atoms with Gasteiger partial charge in [-0.3, -0.25) is 8.37 Å². The third kappa shape index (κ3) is 2.05. The summed E-state index contributed by atoms with van der Waals surface area (Å²) in [6.45, 7) is 0. The lowest BCUT2D eigenvalue weighted by molar-refractivity contribution is 0.187. The molecular formula is C12H14O3S. The molecule has 0 radical (unpaired) electrons. The lowest BCUT2D eigenvalue weighted by atomic mass is 9.98. The van der Waals surface area contributed by atoms with E-state index in [0.717, 1.165) is 19.3 Å². The highest BCUT2D eigenvalue weighted by atomic mass is 32.2. The maximum absolute atomic E-state index is 11.0. The fraction of sp³-hybridized carbons (Fsp3) is 0.500. The predicted molar refractivity (Wildman–Crippen MR) is 60.8 cm³/mol. The molecule has 16 heavy (non-hydrogen) atoms. The van der Waals surface area contributed by atoms with Crippen LogP contribution in [-0.2, 0) is 26.1 Å². The Balaban J connectivity index is 1.62. The van der Waals surface area contributed by atoms with Crippen molar-refractivity contribution in [3.8, 4) is 0 Å². The highest BCUT2D eigenvalue weighted by Crippen LogP contribution is 2.37. The molecule has 86 valence electrons. The topological polar surface area (TPSA) is 35.5 Å². The minimum absolute atomic E-state index is 0.0505. The van der Waals surface area contributed by atoms with Gasteiger partial charge in [0.1, 0.15) is 12.2 Å². The van der Waals surface area contributed by atoms with Gasteiger partial charge in [-0.05, 0) is 30.7 Å². The van der Waals surface area contributed by atoms with E-state index in [-0.39, 0.29) is 12.2 Å². The molecule has 0 amide bonds. The number of benzene rings is 1. The fourth-order valence-corrected chi connectivity index (χ4v) is 3.45. The lowest BCUT2D eigenvalue weighted by Gasteiger charge is -2.09. The van der Waals surface area contributed by atoms with Crippen LogP contribution in [0.4, 0.5) is 0 Å². The minimum Gasteiger partial charge on any atom is -0.262 e. The molecule has 3 nitrogen and oxygen atoms in total. The van der Waals surface area contributed by atoms with Crippen LogP contribution in [0.15, 0.2) is 30.3 Å². The third-order valence-electron chi connectivity index (χ3n) is 3.32. The van der Waals surface area contributed by atoms with E-state index in [2.05, 4.69) is 24.3 Å². The summed E-state index contributed by atoms with van der Waals surface area (Å²) in [5.74, 6) is 0.592. The molecule has 0 bridgehead atoms. The van der Waals surface area contributed by atoms with Gasteiger partial charge in [0.05, 0.1) is 0 Å². The fourth-order valence-electron chi connectivity index (χ4n) is 2.60. The van der Waals surface area contributed by atoms with E-state index < -0.39 is 11.4 Å². The van der Waals surface area contributed by atoms with Crippen molar-refractivity contribution in [1.82, 2.24) is 0 Å². The molecule has 4 atom stereocenters. The molecule has 0 spiro atoms. The largest absolute Gasteiger partial charge is 0.305 e. The molecule has 2 aliphatic rings. The summed E-state index contributed by atoms with van der Waals surface area (Å²) in [6.07, 6.45) is 3.09. The normalized spacial score (nSPS) is 37.5. The highest BCUT2D eigenvalue weighted by molar-refractivity contribution is 7.75. The molecule has 1 saturated carbocycles. The number of rotatable bonds is 2. The van der Waals surface area contributed by atoms with Crippen molar-refractivity contribution in [2.45, 2.75) is 31.5 Å². The lowest BCUT2D eigenvalue weighted by Crippen LogP contribution is -2.13. The molecule has 0 aromatic heterocycles. The molecule has 1 saturated heterocycles. The van der Waals surface area contributed by atoms with Gasteiger partial charge in [0.25, 0.3) is 0 Å². The van der Waals surface area contributed by atoms with Crippen molar-refractivity contribution in [1.29, 1.82) is 0 Å². The van der Waals surface area contributed by atoms with E-state index in [0.29, 0.717) is 5.92 Å². The number of hydrogen-bond acceptors (Lipinski definition) is 3. The zero-order valence-corrected chi connectivity index (χ0v) is 9.69. The van der Waals surface area contributed by atoms with E-state index in [4.69, 9.17) is 8.37 Å². The summed E-state index contributed by atoms with van der Waals surface area (Å²) in [4.78, 5) is 0. The summed E-state index contributed by atoms with van der Waals surface area (Å²) in [5.41, 5.74) is 1.36. The second-order valence-electron chi connectivity index (χ2n) is 4.50. The van der Waals surface area contributed by atoms with Gasteiger partial charge in [-0.25, -0.2) is 0 Å². The van der Waals surface area contributed by atoms with E-state index in [1.165, 1.54) is 5.56 Å². The van der Waals surface area contributed by atoms with Crippen LogP contribution in [-0.4, -0.2) is 16.4 Å². The summed E-state index contributed by atoms with van der Waals surface area (Å²) >= 11 is -1.49. The summed E-state index contributed by atoms with van der Waals surface area (Å²) in [7, 11) is 0. The van der Waals surface area contributed by atoms with Gasteiger partial charge in [0, 0.05) is 0 Å². The summed E-state index contributed by atoms with van der Waals surface area (Å²) < 4.78 is 21.4. The van der Waals surface area contributed by atoms with Crippen molar-refractivity contribution >= 4 is 11.4 Å². The molecule has 1 aromatic rings. The van der Waals surface area contributed by atoms with Crippen LogP contribution in [0.1, 0.15) is 18.4 Å². The van der Waals surface area contributed by atoms with Crippen molar-refractivity contribution in [3.05, 3.63) is 35.9 Å². The molecule has 2 fully saturated rings. The van der Waals surface area contributed by atoms with Crippen LogP contribution < -0.4 is 0 Å². The Bertz CT molecular complexity index is 377. The number of hydrogen-bond donors (Lipinski definition) is 0. The van der Waals surface area contributed by atoms with Gasteiger partial charge >= 0.3 is 11.4 Å². The van der Waals surface area contributed by atoms with Crippen molar-refractivity contribution in [2.75, 3.05) is 0 Å². The van der Waals surface area contributed by atoms with Crippen LogP contribution >= 0.6 is 0 Å². The Morgan fingerprint density at radius 1 is 1.12 bits per heavy atom. The molecule has 1 heterocycles. The average molecular weight is 238 g/mol. The smallest absolute Gasteiger partial charge is 0.262 e. The van der Waals surface area contributed by atoms with Crippen molar-refractivity contribution in [3.63, 3.8) is 0 Å². The van der Waals surface area contributed by atoms with Gasteiger partial charge in [-0.15, -0.1) is 0 Å². The Hall–Kier alpha value is -0.710. The first-order valence-corrected chi connectivity index (χ1v) is 6.61. The maximum Gasteiger partial charge on any atom is 0.305 e. The molecule has 2 unspecified atom stereocenters. The van der Waals surface area contributed by atoms with E-state index in [1.54, 1.807) is 0 Å². The third-order valence-corrected chi connectivity index (χ3v) is 4.13. The minimum atomic E-state index is -1.49. The first kappa shape index (κ1) is 10.4. The van der Waals surface area contributed by atoms with E-state index >= 15 is 0 Å². The Morgan fingerprint density at radius 2 is 1.75 bits per heavy atom. The molecule has 1 aliphatic heterocycles. The van der Waals surface area contributed by atoms with E-state index in [1.807, 2.05) is 6.07 Å². The highest BCUT2D eigenvalue weighted by Gasteiger charge is 2.43. The van der Waals surface area contributed by atoms with Crippen LogP contribution in [0.25, 0.3) is 0 Å². The molecule has 3 rings (SSSR count). The van der Waals surface area contributed by atoms with Gasteiger partial charge < -0.3 is 0 Å². The number of fused-ring (bicyclic) bond motifs is 1. The standard InChI is InChI=1S/C12H14O3S/c13-16-14-11-7-10(8-12(11)15-16)6-9-4-2-1-3-5-9/h1-5,10-12H,6-8H2/t10?,11-,12+,16?. The first-order chi connectivity index (χ1) is 7.81. The van der Waals surface area contributed by atoms with Crippen LogP contribution in [0, 0.1) is 5.92 Å². The van der Waals surface area contributed by atoms with Gasteiger partial charge in [0.2, 0.25) is 0 Å². The predicted octanol–water partition coefficient (Wildman–Crippen LogP) is 2.00. The summed E-state index contributed by atoms with van der Waals surface area (Å²) in [5, 5.41) is 0. The second kappa shape index (κ2) is 4.28. The zero-order valence-electron chi connectivity index (χ0n) is 8.87. The van der Waals surface area contributed by atoms with Crippen molar-refractivity contribution < 1.29 is 12.6 Å². The molecule has 1 aromatic carbocycles. The molecular weight excluding hydrogens is 224 g/mol. The zero-order chi connectivity index (χ0) is 11.0. The monoisotopic (exact) mass is 238 g/mol. The quantitative estimate of drug-likeness (QED) is 0.790. The van der Waals surface area contributed by atoms with Gasteiger partial charge in [-0.1, -0.05) is 30.3 Å². The Morgan fingerprint density at radius 3 is 2.38 bits per heavy atom. The van der Waals surface area contributed by atoms with Gasteiger partial charge in [0.15, 0.2) is 0 Å².